The summed E-state index contributed by atoms with van der Waals surface area (Å²) in [6, 6.07) is 21.9. The van der Waals surface area contributed by atoms with Gasteiger partial charge in [-0.1, -0.05) is 126 Å². The Bertz CT molecular complexity index is 821. The van der Waals surface area contributed by atoms with E-state index in [-0.39, 0.29) is 0 Å². The van der Waals surface area contributed by atoms with Crippen LogP contribution in [0.2, 0.25) is 0 Å². The minimum absolute atomic E-state index is 0.968. The van der Waals surface area contributed by atoms with E-state index in [9.17, 15) is 0 Å². The molecule has 2 nitrogen and oxygen atoms in total. The molecule has 3 aromatic rings. The van der Waals surface area contributed by atoms with Gasteiger partial charge < -0.3 is 0 Å². The highest BCUT2D eigenvalue weighted by Crippen LogP contribution is 2.18. The van der Waals surface area contributed by atoms with Crippen molar-refractivity contribution in [3.05, 3.63) is 89.5 Å². The predicted molar refractivity (Wildman–Crippen MR) is 141 cm³/mol. The fraction of sp³-hybridized carbons (Fsp3) is 0.516. The first kappa shape index (κ1) is 25.3. The minimum atomic E-state index is 0.968. The van der Waals surface area contributed by atoms with Gasteiger partial charge in [0.2, 0.25) is 6.33 Å². The van der Waals surface area contributed by atoms with Gasteiger partial charge in [0, 0.05) is 12.8 Å². The summed E-state index contributed by atoms with van der Waals surface area (Å²) in [6.07, 6.45) is 18.2. The fourth-order valence-electron chi connectivity index (χ4n) is 4.84. The van der Waals surface area contributed by atoms with Gasteiger partial charge in [0.1, 0.15) is 24.5 Å². The molecule has 2 aromatic carbocycles. The average Bonchev–Trinajstić information content (AvgIpc) is 3.15. The van der Waals surface area contributed by atoms with E-state index in [2.05, 4.69) is 90.0 Å². The van der Waals surface area contributed by atoms with Crippen LogP contribution >= 0.6 is 0 Å². The van der Waals surface area contributed by atoms with Crippen LogP contribution in [0.4, 0.5) is 0 Å². The number of aromatic nitrogens is 2. The standard InChI is InChI=1S/C31H45N2/c1-3-5-7-9-17-23-30-31(24-18-10-8-6-4-2)33(26-29-21-15-12-16-22-29)27-32(30)25-28-19-13-11-14-20-28/h11-16,19-22,27H,3-10,17-18,23-26H2,1-2H3/q+1. The van der Waals surface area contributed by atoms with E-state index in [1.165, 1.54) is 88.2 Å². The third-order valence-electron chi connectivity index (χ3n) is 6.73. The van der Waals surface area contributed by atoms with Crippen LogP contribution in [0.25, 0.3) is 0 Å². The van der Waals surface area contributed by atoms with Crippen molar-refractivity contribution >= 4 is 0 Å². The maximum atomic E-state index is 2.56. The van der Waals surface area contributed by atoms with E-state index in [0.717, 1.165) is 13.1 Å². The Morgan fingerprint density at radius 3 is 1.76 bits per heavy atom. The number of nitrogens with zero attached hydrogens (tertiary/aromatic N) is 2. The molecule has 1 heterocycles. The van der Waals surface area contributed by atoms with Gasteiger partial charge >= 0.3 is 0 Å². The highest BCUT2D eigenvalue weighted by atomic mass is 15.1. The quantitative estimate of drug-likeness (QED) is 0.156. The Hall–Kier alpha value is -2.35. The zero-order valence-corrected chi connectivity index (χ0v) is 21.1. The maximum Gasteiger partial charge on any atom is 0.244 e. The van der Waals surface area contributed by atoms with Gasteiger partial charge in [0.05, 0.1) is 0 Å². The molecule has 0 saturated carbocycles. The molecule has 0 bridgehead atoms. The summed E-state index contributed by atoms with van der Waals surface area (Å²) in [5.74, 6) is 0. The molecule has 0 aliphatic rings. The largest absolute Gasteiger partial charge is 0.244 e. The van der Waals surface area contributed by atoms with Crippen molar-refractivity contribution in [3.8, 4) is 0 Å². The van der Waals surface area contributed by atoms with Crippen molar-refractivity contribution in [2.24, 2.45) is 0 Å². The van der Waals surface area contributed by atoms with Crippen LogP contribution in [0.1, 0.15) is 101 Å². The van der Waals surface area contributed by atoms with Crippen molar-refractivity contribution in [1.29, 1.82) is 0 Å². The van der Waals surface area contributed by atoms with Gasteiger partial charge in [-0.2, -0.15) is 0 Å². The number of imidazole rings is 1. The second kappa shape index (κ2) is 14.7. The van der Waals surface area contributed by atoms with Crippen LogP contribution in [-0.2, 0) is 25.9 Å². The van der Waals surface area contributed by atoms with E-state index in [0.29, 0.717) is 0 Å². The molecule has 178 valence electrons. The van der Waals surface area contributed by atoms with E-state index in [1.807, 2.05) is 0 Å². The number of hydrogen-bond acceptors (Lipinski definition) is 0. The summed E-state index contributed by atoms with van der Waals surface area (Å²) in [5.41, 5.74) is 5.92. The van der Waals surface area contributed by atoms with Gasteiger partial charge in [-0.05, 0) is 24.0 Å². The van der Waals surface area contributed by atoms with Gasteiger partial charge in [-0.25, -0.2) is 9.13 Å². The number of rotatable bonds is 16. The lowest BCUT2D eigenvalue weighted by molar-refractivity contribution is -0.695. The minimum Gasteiger partial charge on any atom is -0.230 e. The highest BCUT2D eigenvalue weighted by molar-refractivity contribution is 5.18. The van der Waals surface area contributed by atoms with Crippen molar-refractivity contribution in [1.82, 2.24) is 4.57 Å². The first-order valence-corrected chi connectivity index (χ1v) is 13.5. The van der Waals surface area contributed by atoms with Crippen molar-refractivity contribution in [3.63, 3.8) is 0 Å². The molecule has 0 atom stereocenters. The van der Waals surface area contributed by atoms with Crippen LogP contribution in [0.15, 0.2) is 67.0 Å². The first-order chi connectivity index (χ1) is 16.3. The van der Waals surface area contributed by atoms with E-state index >= 15 is 0 Å². The maximum absolute atomic E-state index is 2.56. The van der Waals surface area contributed by atoms with E-state index < -0.39 is 0 Å². The monoisotopic (exact) mass is 445 g/mol. The zero-order chi connectivity index (χ0) is 23.1. The van der Waals surface area contributed by atoms with Gasteiger partial charge in [0.15, 0.2) is 0 Å². The molecular formula is C31H45N2+. The Morgan fingerprint density at radius 1 is 0.606 bits per heavy atom. The van der Waals surface area contributed by atoms with E-state index in [4.69, 9.17) is 0 Å². The van der Waals surface area contributed by atoms with Crippen LogP contribution in [0.5, 0.6) is 0 Å². The summed E-state index contributed by atoms with van der Waals surface area (Å²) < 4.78 is 5.11. The number of hydrogen-bond donors (Lipinski definition) is 0. The van der Waals surface area contributed by atoms with Crippen LogP contribution in [0, 0.1) is 0 Å². The molecule has 0 saturated heterocycles. The lowest BCUT2D eigenvalue weighted by atomic mass is 10.0. The summed E-state index contributed by atoms with van der Waals surface area (Å²) >= 11 is 0. The molecule has 0 N–H and O–H groups in total. The lowest BCUT2D eigenvalue weighted by Crippen LogP contribution is -2.37. The Kier molecular flexibility index (Phi) is 11.3. The highest BCUT2D eigenvalue weighted by Gasteiger charge is 2.23. The SMILES string of the molecule is CCCCCCCc1c(CCCCCCC)[n+](Cc2ccccc2)cn1Cc1ccccc1. The van der Waals surface area contributed by atoms with Gasteiger partial charge in [-0.3, -0.25) is 0 Å². The molecule has 3 rings (SSSR count). The summed E-state index contributed by atoms with van der Waals surface area (Å²) in [4.78, 5) is 0. The van der Waals surface area contributed by atoms with Gasteiger partial charge in [0.25, 0.3) is 0 Å². The molecule has 1 aromatic heterocycles. The van der Waals surface area contributed by atoms with Crippen molar-refractivity contribution in [2.75, 3.05) is 0 Å². The molecule has 0 fully saturated rings. The zero-order valence-electron chi connectivity index (χ0n) is 21.1. The molecule has 2 heteroatoms. The number of benzene rings is 2. The molecule has 0 unspecified atom stereocenters. The second-order valence-electron chi connectivity index (χ2n) is 9.56. The molecule has 0 spiro atoms. The average molecular weight is 446 g/mol. The molecule has 0 aliphatic carbocycles. The van der Waals surface area contributed by atoms with Crippen molar-refractivity contribution in [2.45, 2.75) is 104 Å². The van der Waals surface area contributed by atoms with E-state index in [1.54, 1.807) is 11.4 Å². The lowest BCUT2D eigenvalue weighted by Gasteiger charge is -2.07. The Labute approximate surface area is 202 Å². The Morgan fingerprint density at radius 2 is 1.15 bits per heavy atom. The fourth-order valence-corrected chi connectivity index (χ4v) is 4.84. The molecule has 33 heavy (non-hydrogen) atoms. The predicted octanol–water partition coefficient (Wildman–Crippen LogP) is 7.90. The smallest absolute Gasteiger partial charge is 0.230 e. The normalized spacial score (nSPS) is 11.2. The molecule has 0 aliphatic heterocycles. The van der Waals surface area contributed by atoms with Crippen LogP contribution in [0.3, 0.4) is 0 Å². The molecule has 0 amide bonds. The second-order valence-corrected chi connectivity index (χ2v) is 9.56. The van der Waals surface area contributed by atoms with Crippen molar-refractivity contribution < 1.29 is 4.57 Å². The Balaban J connectivity index is 1.85. The summed E-state index contributed by atoms with van der Waals surface area (Å²) in [5, 5.41) is 0. The van der Waals surface area contributed by atoms with Crippen LogP contribution in [-0.4, -0.2) is 4.57 Å². The number of unbranched alkanes of at least 4 members (excludes halogenated alkanes) is 8. The third-order valence-corrected chi connectivity index (χ3v) is 6.73. The summed E-state index contributed by atoms with van der Waals surface area (Å²) in [6.45, 7) is 6.54. The summed E-state index contributed by atoms with van der Waals surface area (Å²) in [7, 11) is 0. The molecule has 0 radical (unpaired) electrons. The first-order valence-electron chi connectivity index (χ1n) is 13.5. The van der Waals surface area contributed by atoms with Crippen LogP contribution < -0.4 is 4.57 Å². The topological polar surface area (TPSA) is 8.81 Å². The van der Waals surface area contributed by atoms with Gasteiger partial charge in [-0.15, -0.1) is 0 Å². The third kappa shape index (κ3) is 8.50. The molecular weight excluding hydrogens is 400 g/mol.